The van der Waals surface area contributed by atoms with E-state index < -0.39 is 10.0 Å². The van der Waals surface area contributed by atoms with E-state index in [1.807, 2.05) is 0 Å². The Morgan fingerprint density at radius 3 is 2.27 bits per heavy atom. The first-order chi connectivity index (χ1) is 15.7. The maximum atomic E-state index is 13.0. The zero-order chi connectivity index (χ0) is 24.0. The summed E-state index contributed by atoms with van der Waals surface area (Å²) in [5, 5.41) is 2.81. The fourth-order valence-corrected chi connectivity index (χ4v) is 5.71. The molecule has 0 aromatic heterocycles. The lowest BCUT2D eigenvalue weighted by atomic mass is 9.94. The first-order valence-electron chi connectivity index (χ1n) is 11.0. The second-order valence-corrected chi connectivity index (χ2v) is 10.4. The van der Waals surface area contributed by atoms with E-state index in [0.717, 1.165) is 6.42 Å². The fourth-order valence-electron chi connectivity index (χ4n) is 4.03. The lowest BCUT2D eigenvalue weighted by molar-refractivity contribution is 0.102. The number of methoxy groups -OCH3 is 2. The Morgan fingerprint density at radius 1 is 1.00 bits per heavy atom. The molecular formula is C24H32N2O6S. The molecule has 0 aliphatic carbocycles. The molecule has 9 heteroatoms. The van der Waals surface area contributed by atoms with Crippen molar-refractivity contribution in [1.82, 2.24) is 4.31 Å². The number of hydrogen-bond donors (Lipinski definition) is 1. The smallest absolute Gasteiger partial charge is 0.255 e. The summed E-state index contributed by atoms with van der Waals surface area (Å²) in [7, 11) is -0.469. The van der Waals surface area contributed by atoms with Crippen molar-refractivity contribution in [2.75, 3.05) is 45.8 Å². The van der Waals surface area contributed by atoms with E-state index in [4.69, 9.17) is 14.2 Å². The van der Waals surface area contributed by atoms with Crippen molar-refractivity contribution in [3.8, 4) is 11.5 Å². The summed E-state index contributed by atoms with van der Waals surface area (Å²) in [5.41, 5.74) is 0.883. The van der Waals surface area contributed by atoms with Gasteiger partial charge in [-0.05, 0) is 54.7 Å². The number of ether oxygens (including phenoxy) is 3. The molecule has 2 aromatic rings. The van der Waals surface area contributed by atoms with Crippen molar-refractivity contribution >= 4 is 21.6 Å². The molecule has 1 heterocycles. The molecule has 8 nitrogen and oxygen atoms in total. The van der Waals surface area contributed by atoms with Crippen LogP contribution in [0.1, 0.15) is 30.6 Å². The third kappa shape index (κ3) is 6.25. The summed E-state index contributed by atoms with van der Waals surface area (Å²) in [6.45, 7) is 5.93. The van der Waals surface area contributed by atoms with Crippen LogP contribution in [0.4, 0.5) is 5.69 Å². The van der Waals surface area contributed by atoms with Crippen LogP contribution in [0, 0.1) is 11.8 Å². The van der Waals surface area contributed by atoms with Crippen molar-refractivity contribution in [3.63, 3.8) is 0 Å². The van der Waals surface area contributed by atoms with Crippen LogP contribution >= 0.6 is 0 Å². The van der Waals surface area contributed by atoms with Gasteiger partial charge in [0.15, 0.2) is 11.5 Å². The van der Waals surface area contributed by atoms with Crippen LogP contribution in [0.2, 0.25) is 0 Å². The molecule has 180 valence electrons. The molecule has 2 unspecified atom stereocenters. The summed E-state index contributed by atoms with van der Waals surface area (Å²) in [5.74, 6) is 1.31. The average Bonchev–Trinajstić information content (AvgIpc) is 2.79. The topological polar surface area (TPSA) is 94.2 Å². The van der Waals surface area contributed by atoms with E-state index in [0.29, 0.717) is 60.9 Å². The van der Waals surface area contributed by atoms with Crippen molar-refractivity contribution in [2.45, 2.75) is 25.2 Å². The first kappa shape index (κ1) is 25.0. The molecule has 2 aromatic carbocycles. The molecule has 1 fully saturated rings. The highest BCUT2D eigenvalue weighted by Crippen LogP contribution is 2.31. The monoisotopic (exact) mass is 476 g/mol. The number of carbonyl (C=O) groups excluding carboxylic acids is 1. The number of carbonyl (C=O) groups is 1. The molecule has 33 heavy (non-hydrogen) atoms. The Hall–Kier alpha value is -2.62. The van der Waals surface area contributed by atoms with Gasteiger partial charge in [-0.3, -0.25) is 4.79 Å². The molecule has 2 atom stereocenters. The molecule has 0 radical (unpaired) electrons. The molecule has 0 bridgehead atoms. The normalized spacial score (nSPS) is 19.2. The number of sulfonamides is 1. The standard InChI is InChI=1S/C24H32N2O6S/c1-17-13-18(2)16-26(15-17)33(28,29)21-8-5-19(6-9-21)24(27)25-20-7-10-22(31-4)23(14-20)32-12-11-30-3/h5-10,14,17-18H,11-13,15-16H2,1-4H3,(H,25,27). The predicted molar refractivity (Wildman–Crippen MR) is 126 cm³/mol. The zero-order valence-electron chi connectivity index (χ0n) is 19.5. The number of amides is 1. The quantitative estimate of drug-likeness (QED) is 0.556. The van der Waals surface area contributed by atoms with Crippen LogP contribution in [0.15, 0.2) is 47.4 Å². The van der Waals surface area contributed by atoms with E-state index in [9.17, 15) is 13.2 Å². The van der Waals surface area contributed by atoms with E-state index >= 15 is 0 Å². The van der Waals surface area contributed by atoms with E-state index in [-0.39, 0.29) is 10.8 Å². The lowest BCUT2D eigenvalue weighted by Crippen LogP contribution is -2.42. The highest BCUT2D eigenvalue weighted by atomic mass is 32.2. The van der Waals surface area contributed by atoms with Crippen molar-refractivity contribution in [1.29, 1.82) is 0 Å². The van der Waals surface area contributed by atoms with E-state index in [2.05, 4.69) is 19.2 Å². The first-order valence-corrected chi connectivity index (χ1v) is 12.4. The minimum absolute atomic E-state index is 0.193. The fraction of sp³-hybridized carbons (Fsp3) is 0.458. The summed E-state index contributed by atoms with van der Waals surface area (Å²) in [6.07, 6.45) is 1.02. The number of hydrogen-bond acceptors (Lipinski definition) is 6. The molecule has 1 aliphatic heterocycles. The Labute approximate surface area is 195 Å². The van der Waals surface area contributed by atoms with Crippen LogP contribution in [-0.2, 0) is 14.8 Å². The number of piperidine rings is 1. The summed E-state index contributed by atoms with van der Waals surface area (Å²) in [6, 6.07) is 11.1. The van der Waals surface area contributed by atoms with Gasteiger partial charge in [-0.2, -0.15) is 4.31 Å². The van der Waals surface area contributed by atoms with Crippen molar-refractivity contribution in [2.24, 2.45) is 11.8 Å². The van der Waals surface area contributed by atoms with Gasteiger partial charge in [-0.1, -0.05) is 13.8 Å². The Balaban J connectivity index is 1.71. The molecule has 1 aliphatic rings. The molecule has 0 saturated carbocycles. The van der Waals surface area contributed by atoms with Gasteiger partial charge < -0.3 is 19.5 Å². The van der Waals surface area contributed by atoms with Crippen LogP contribution in [0.5, 0.6) is 11.5 Å². The number of rotatable bonds is 9. The van der Waals surface area contributed by atoms with Gasteiger partial charge in [-0.15, -0.1) is 0 Å². The van der Waals surface area contributed by atoms with Gasteiger partial charge in [0.05, 0.1) is 18.6 Å². The highest BCUT2D eigenvalue weighted by molar-refractivity contribution is 7.89. The van der Waals surface area contributed by atoms with Gasteiger partial charge in [0.25, 0.3) is 5.91 Å². The molecule has 0 spiro atoms. The number of nitrogens with zero attached hydrogens (tertiary/aromatic N) is 1. The maximum absolute atomic E-state index is 13.0. The highest BCUT2D eigenvalue weighted by Gasteiger charge is 2.31. The van der Waals surface area contributed by atoms with Crippen molar-refractivity contribution in [3.05, 3.63) is 48.0 Å². The number of nitrogens with one attached hydrogen (secondary N) is 1. The van der Waals surface area contributed by atoms with Crippen molar-refractivity contribution < 1.29 is 27.4 Å². The maximum Gasteiger partial charge on any atom is 0.255 e. The number of benzene rings is 2. The summed E-state index contributed by atoms with van der Waals surface area (Å²) in [4.78, 5) is 12.9. The Kier molecular flexibility index (Phi) is 8.34. The van der Waals surface area contributed by atoms with Gasteiger partial charge in [-0.25, -0.2) is 8.42 Å². The lowest BCUT2D eigenvalue weighted by Gasteiger charge is -2.34. The van der Waals surface area contributed by atoms with Crippen LogP contribution in [-0.4, -0.2) is 59.2 Å². The molecule has 1 N–H and O–H groups in total. The van der Waals surface area contributed by atoms with Crippen LogP contribution in [0.3, 0.4) is 0 Å². The van der Waals surface area contributed by atoms with Crippen LogP contribution < -0.4 is 14.8 Å². The Bertz CT molecular complexity index is 1050. The summed E-state index contributed by atoms with van der Waals surface area (Å²) < 4.78 is 43.6. The third-order valence-electron chi connectivity index (χ3n) is 5.56. The largest absolute Gasteiger partial charge is 0.493 e. The van der Waals surface area contributed by atoms with Gasteiger partial charge in [0.1, 0.15) is 6.61 Å². The molecular weight excluding hydrogens is 444 g/mol. The predicted octanol–water partition coefficient (Wildman–Crippen LogP) is 3.64. The van der Waals surface area contributed by atoms with Gasteiger partial charge in [0.2, 0.25) is 10.0 Å². The second-order valence-electron chi connectivity index (χ2n) is 8.45. The third-order valence-corrected chi connectivity index (χ3v) is 7.40. The minimum atomic E-state index is -3.59. The van der Waals surface area contributed by atoms with Gasteiger partial charge >= 0.3 is 0 Å². The molecule has 3 rings (SSSR count). The molecule has 1 amide bonds. The average molecular weight is 477 g/mol. The Morgan fingerprint density at radius 2 is 1.67 bits per heavy atom. The van der Waals surface area contributed by atoms with E-state index in [1.165, 1.54) is 31.4 Å². The van der Waals surface area contributed by atoms with E-state index in [1.54, 1.807) is 29.6 Å². The SMILES string of the molecule is COCCOc1cc(NC(=O)c2ccc(S(=O)(=O)N3CC(C)CC(C)C3)cc2)ccc1OC. The van der Waals surface area contributed by atoms with Gasteiger partial charge in [0, 0.05) is 37.5 Å². The minimum Gasteiger partial charge on any atom is -0.493 e. The second kappa shape index (κ2) is 11.0. The molecule has 1 saturated heterocycles. The van der Waals surface area contributed by atoms with Crippen LogP contribution in [0.25, 0.3) is 0 Å². The zero-order valence-corrected chi connectivity index (χ0v) is 20.4. The summed E-state index contributed by atoms with van der Waals surface area (Å²) >= 11 is 0. The number of anilines is 1.